The largest absolute Gasteiger partial charge is 0.461 e. The summed E-state index contributed by atoms with van der Waals surface area (Å²) in [5.41, 5.74) is 2.64. The van der Waals surface area contributed by atoms with Crippen LogP contribution in [0.3, 0.4) is 0 Å². The molecular formula is C22H19ClN8O2. The van der Waals surface area contributed by atoms with E-state index in [2.05, 4.69) is 36.9 Å². The molecule has 166 valence electrons. The molecule has 0 unspecified atom stereocenters. The minimum atomic E-state index is -0.510. The van der Waals surface area contributed by atoms with Crippen molar-refractivity contribution in [3.8, 4) is 11.6 Å². The summed E-state index contributed by atoms with van der Waals surface area (Å²) in [6.07, 6.45) is 5.45. The lowest BCUT2D eigenvalue weighted by atomic mass is 10.3. The lowest BCUT2D eigenvalue weighted by Gasteiger charge is -2.08. The van der Waals surface area contributed by atoms with Crippen LogP contribution >= 0.6 is 11.6 Å². The van der Waals surface area contributed by atoms with E-state index in [0.29, 0.717) is 45.5 Å². The number of fused-ring (bicyclic) bond motifs is 3. The fourth-order valence-corrected chi connectivity index (χ4v) is 3.41. The number of rotatable bonds is 5. The van der Waals surface area contributed by atoms with E-state index in [1.807, 2.05) is 20.0 Å². The van der Waals surface area contributed by atoms with Crippen molar-refractivity contribution in [3.05, 3.63) is 65.5 Å². The van der Waals surface area contributed by atoms with Crippen LogP contribution < -0.4 is 10.6 Å². The highest BCUT2D eigenvalue weighted by molar-refractivity contribution is 6.30. The Morgan fingerprint density at radius 2 is 2.03 bits per heavy atom. The first-order chi connectivity index (χ1) is 16.0. The van der Waals surface area contributed by atoms with Crippen LogP contribution in [0.25, 0.3) is 28.3 Å². The zero-order valence-electron chi connectivity index (χ0n) is 17.8. The van der Waals surface area contributed by atoms with E-state index in [1.165, 1.54) is 10.1 Å². The van der Waals surface area contributed by atoms with Gasteiger partial charge >= 0.3 is 6.03 Å². The molecule has 5 aromatic rings. The number of halogens is 1. The molecule has 4 aromatic heterocycles. The Balaban J connectivity index is 1.56. The second-order valence-corrected chi connectivity index (χ2v) is 7.98. The van der Waals surface area contributed by atoms with Gasteiger partial charge in [-0.05, 0) is 44.2 Å². The monoisotopic (exact) mass is 462 g/mol. The first-order valence-electron chi connectivity index (χ1n) is 10.1. The van der Waals surface area contributed by atoms with Crippen molar-refractivity contribution in [2.24, 2.45) is 0 Å². The third-order valence-electron chi connectivity index (χ3n) is 4.74. The number of anilines is 2. The van der Waals surface area contributed by atoms with Gasteiger partial charge in [-0.3, -0.25) is 10.00 Å². The number of nitrogens with zero attached hydrogens (tertiary/aromatic N) is 6. The summed E-state index contributed by atoms with van der Waals surface area (Å²) in [5.74, 6) is 1.03. The van der Waals surface area contributed by atoms with Gasteiger partial charge in [0, 0.05) is 16.9 Å². The number of allylic oxidation sites excluding steroid dienone is 2. The van der Waals surface area contributed by atoms with Gasteiger partial charge in [0.15, 0.2) is 17.1 Å². The van der Waals surface area contributed by atoms with Gasteiger partial charge in [0.25, 0.3) is 0 Å². The first kappa shape index (κ1) is 20.7. The number of aromatic nitrogens is 6. The SMILES string of the molecule is CC(C)=CCn1cc2c(nc(NC(=O)Nc3cccc(Cl)c3)n3nc(-c4ccco4)nc23)n1. The van der Waals surface area contributed by atoms with Gasteiger partial charge in [0.2, 0.25) is 11.8 Å². The van der Waals surface area contributed by atoms with Crippen molar-refractivity contribution >= 4 is 45.9 Å². The summed E-state index contributed by atoms with van der Waals surface area (Å²) in [6, 6.07) is 9.84. The van der Waals surface area contributed by atoms with Gasteiger partial charge in [-0.2, -0.15) is 14.6 Å². The molecule has 0 aliphatic rings. The molecule has 2 amide bonds. The smallest absolute Gasteiger partial charge is 0.326 e. The van der Waals surface area contributed by atoms with Crippen LogP contribution in [0.2, 0.25) is 5.02 Å². The molecule has 33 heavy (non-hydrogen) atoms. The van der Waals surface area contributed by atoms with Gasteiger partial charge in [-0.15, -0.1) is 5.10 Å². The Labute approximate surface area is 192 Å². The summed E-state index contributed by atoms with van der Waals surface area (Å²) < 4.78 is 8.67. The Morgan fingerprint density at radius 1 is 1.15 bits per heavy atom. The number of hydrogen-bond acceptors (Lipinski definition) is 6. The maximum atomic E-state index is 12.7. The number of furan rings is 1. The molecule has 0 saturated carbocycles. The van der Waals surface area contributed by atoms with Crippen LogP contribution in [-0.4, -0.2) is 35.4 Å². The molecule has 11 heteroatoms. The summed E-state index contributed by atoms with van der Waals surface area (Å²) in [7, 11) is 0. The lowest BCUT2D eigenvalue weighted by Crippen LogP contribution is -2.22. The van der Waals surface area contributed by atoms with Crippen molar-refractivity contribution in [3.63, 3.8) is 0 Å². The molecule has 0 atom stereocenters. The average Bonchev–Trinajstić information content (AvgIpc) is 3.50. The van der Waals surface area contributed by atoms with Crippen molar-refractivity contribution < 1.29 is 9.21 Å². The fourth-order valence-electron chi connectivity index (χ4n) is 3.22. The summed E-state index contributed by atoms with van der Waals surface area (Å²) >= 11 is 6.00. The number of urea groups is 1. The molecule has 0 radical (unpaired) electrons. The quantitative estimate of drug-likeness (QED) is 0.355. The Hall–Kier alpha value is -4.18. The van der Waals surface area contributed by atoms with Crippen LogP contribution in [0.15, 0.2) is 64.9 Å². The maximum absolute atomic E-state index is 12.7. The molecule has 10 nitrogen and oxygen atoms in total. The number of amides is 2. The highest BCUT2D eigenvalue weighted by Gasteiger charge is 2.19. The second kappa shape index (κ2) is 8.40. The van der Waals surface area contributed by atoms with Crippen molar-refractivity contribution in [1.29, 1.82) is 0 Å². The highest BCUT2D eigenvalue weighted by Crippen LogP contribution is 2.24. The topological polar surface area (TPSA) is 115 Å². The van der Waals surface area contributed by atoms with Crippen molar-refractivity contribution in [2.45, 2.75) is 20.4 Å². The van der Waals surface area contributed by atoms with E-state index < -0.39 is 6.03 Å². The summed E-state index contributed by atoms with van der Waals surface area (Å²) in [6.45, 7) is 4.63. The van der Waals surface area contributed by atoms with Gasteiger partial charge in [-0.25, -0.2) is 9.78 Å². The van der Waals surface area contributed by atoms with Crippen LogP contribution in [0.4, 0.5) is 16.4 Å². The van der Waals surface area contributed by atoms with Crippen LogP contribution in [0.5, 0.6) is 0 Å². The molecule has 4 heterocycles. The lowest BCUT2D eigenvalue weighted by molar-refractivity contribution is 0.262. The van der Waals surface area contributed by atoms with Crippen LogP contribution in [-0.2, 0) is 6.54 Å². The number of hydrogen-bond donors (Lipinski definition) is 2. The Morgan fingerprint density at radius 3 is 2.79 bits per heavy atom. The third kappa shape index (κ3) is 4.28. The normalized spacial score (nSPS) is 11.1. The van der Waals surface area contributed by atoms with E-state index in [4.69, 9.17) is 16.0 Å². The highest BCUT2D eigenvalue weighted by atomic mass is 35.5. The van der Waals surface area contributed by atoms with E-state index in [0.717, 1.165) is 0 Å². The summed E-state index contributed by atoms with van der Waals surface area (Å²) in [5, 5.41) is 15.7. The van der Waals surface area contributed by atoms with E-state index in [-0.39, 0.29) is 5.95 Å². The molecule has 0 bridgehead atoms. The van der Waals surface area contributed by atoms with E-state index >= 15 is 0 Å². The molecule has 5 rings (SSSR count). The average molecular weight is 463 g/mol. The zero-order chi connectivity index (χ0) is 22.9. The number of benzene rings is 1. The van der Waals surface area contributed by atoms with Gasteiger partial charge in [0.05, 0.1) is 18.2 Å². The van der Waals surface area contributed by atoms with Gasteiger partial charge in [-0.1, -0.05) is 29.3 Å². The molecule has 0 spiro atoms. The molecule has 1 aromatic carbocycles. The van der Waals surface area contributed by atoms with E-state index in [9.17, 15) is 4.79 Å². The van der Waals surface area contributed by atoms with Crippen LogP contribution in [0, 0.1) is 0 Å². The zero-order valence-corrected chi connectivity index (χ0v) is 18.5. The molecule has 0 fully saturated rings. The predicted octanol–water partition coefficient (Wildman–Crippen LogP) is 5.00. The Kier molecular flexibility index (Phi) is 5.27. The number of nitrogens with one attached hydrogen (secondary N) is 2. The maximum Gasteiger partial charge on any atom is 0.326 e. The molecule has 0 saturated heterocycles. The number of carbonyl (C=O) groups excluding carboxylic acids is 1. The van der Waals surface area contributed by atoms with Gasteiger partial charge in [0.1, 0.15) is 0 Å². The number of carbonyl (C=O) groups is 1. The minimum Gasteiger partial charge on any atom is -0.461 e. The first-order valence-corrected chi connectivity index (χ1v) is 10.5. The second-order valence-electron chi connectivity index (χ2n) is 7.54. The molecular weight excluding hydrogens is 444 g/mol. The predicted molar refractivity (Wildman–Crippen MR) is 125 cm³/mol. The minimum absolute atomic E-state index is 0.162. The third-order valence-corrected chi connectivity index (χ3v) is 4.97. The standard InChI is InChI=1S/C22H19ClN8O2/c1-13(2)8-9-30-12-16-18(28-30)26-21(27-22(32)24-15-6-3-5-14(23)11-15)31-20(16)25-19(29-31)17-7-4-10-33-17/h3-8,10-12H,9H2,1-2H3,(H2,24,26,27,28,32). The van der Waals surface area contributed by atoms with E-state index in [1.54, 1.807) is 47.3 Å². The molecule has 2 N–H and O–H groups in total. The van der Waals surface area contributed by atoms with Crippen LogP contribution in [0.1, 0.15) is 13.8 Å². The van der Waals surface area contributed by atoms with Crippen molar-refractivity contribution in [1.82, 2.24) is 29.4 Å². The van der Waals surface area contributed by atoms with Gasteiger partial charge < -0.3 is 9.73 Å². The van der Waals surface area contributed by atoms with Crippen molar-refractivity contribution in [2.75, 3.05) is 10.6 Å². The summed E-state index contributed by atoms with van der Waals surface area (Å²) in [4.78, 5) is 21.8. The Bertz CT molecular complexity index is 1500. The fraction of sp³-hybridized carbons (Fsp3) is 0.136. The molecule has 0 aliphatic carbocycles. The molecule has 0 aliphatic heterocycles.